The van der Waals surface area contributed by atoms with Crippen molar-refractivity contribution in [1.29, 1.82) is 0 Å². The van der Waals surface area contributed by atoms with Gasteiger partial charge >= 0.3 is 6.18 Å². The Morgan fingerprint density at radius 2 is 2.00 bits per heavy atom. The van der Waals surface area contributed by atoms with Crippen molar-refractivity contribution in [3.63, 3.8) is 0 Å². The Kier molecular flexibility index (Phi) is 5.87. The van der Waals surface area contributed by atoms with E-state index in [1.54, 1.807) is 7.05 Å². The highest BCUT2D eigenvalue weighted by molar-refractivity contribution is 6.36. The molecule has 0 atom stereocenters. The summed E-state index contributed by atoms with van der Waals surface area (Å²) < 4.78 is 47.6. The predicted molar refractivity (Wildman–Crippen MR) is 118 cm³/mol. The molecule has 0 fully saturated rings. The van der Waals surface area contributed by atoms with Crippen LogP contribution in [0.5, 0.6) is 5.75 Å². The molecule has 0 saturated heterocycles. The van der Waals surface area contributed by atoms with Crippen molar-refractivity contribution in [2.24, 2.45) is 19.8 Å². The van der Waals surface area contributed by atoms with E-state index in [-0.39, 0.29) is 33.8 Å². The lowest BCUT2D eigenvalue weighted by atomic mass is 10.2. The van der Waals surface area contributed by atoms with Gasteiger partial charge in [-0.05, 0) is 6.07 Å². The van der Waals surface area contributed by atoms with Crippen LogP contribution >= 0.6 is 11.6 Å². The summed E-state index contributed by atoms with van der Waals surface area (Å²) >= 11 is 6.52. The third-order valence-electron chi connectivity index (χ3n) is 4.75. The Labute approximate surface area is 194 Å². The molecule has 34 heavy (non-hydrogen) atoms. The molecule has 0 spiro atoms. The van der Waals surface area contributed by atoms with Crippen LogP contribution in [0.3, 0.4) is 0 Å². The Morgan fingerprint density at radius 3 is 2.65 bits per heavy atom. The van der Waals surface area contributed by atoms with E-state index in [0.717, 1.165) is 4.57 Å². The number of anilines is 2. The first-order valence-electron chi connectivity index (χ1n) is 9.52. The third-order valence-corrected chi connectivity index (χ3v) is 5.11. The summed E-state index contributed by atoms with van der Waals surface area (Å²) in [4.78, 5) is 28.9. The molecule has 0 aliphatic heterocycles. The molecule has 3 N–H and O–H groups in total. The minimum absolute atomic E-state index is 0.0430. The van der Waals surface area contributed by atoms with Crippen molar-refractivity contribution in [1.82, 2.24) is 29.1 Å². The molecule has 14 heteroatoms. The predicted octanol–water partition coefficient (Wildman–Crippen LogP) is 3.21. The molecule has 4 heterocycles. The Morgan fingerprint density at radius 1 is 1.24 bits per heavy atom. The summed E-state index contributed by atoms with van der Waals surface area (Å²) in [5.41, 5.74) is 4.49. The summed E-state index contributed by atoms with van der Waals surface area (Å²) in [5.74, 6) is 0.340. The van der Waals surface area contributed by atoms with Crippen LogP contribution in [0.25, 0.3) is 16.9 Å². The SMILES string of the molecule is Cn1cc(C(F)(F)F)cc(Nc2nc3ncc(OC(=CN)c4cnccn4)c(Cl)c3n2C)c1=O. The average Bonchev–Trinajstić information content (AvgIpc) is 3.12. The second kappa shape index (κ2) is 8.67. The van der Waals surface area contributed by atoms with Gasteiger partial charge < -0.3 is 24.9 Å². The first-order valence-corrected chi connectivity index (χ1v) is 9.90. The molecule has 0 saturated carbocycles. The highest BCUT2D eigenvalue weighted by atomic mass is 35.5. The molecular weight excluding hydrogens is 477 g/mol. The fraction of sp³-hybridized carbons (Fsp3) is 0.150. The Bertz CT molecular complexity index is 1460. The number of hydrogen-bond acceptors (Lipinski definition) is 8. The molecule has 0 amide bonds. The van der Waals surface area contributed by atoms with E-state index in [1.165, 1.54) is 42.6 Å². The maximum absolute atomic E-state index is 13.2. The van der Waals surface area contributed by atoms with E-state index in [1.807, 2.05) is 0 Å². The highest BCUT2D eigenvalue weighted by Crippen LogP contribution is 2.35. The van der Waals surface area contributed by atoms with Gasteiger partial charge in [0.2, 0.25) is 5.95 Å². The number of nitrogens with zero attached hydrogens (tertiary/aromatic N) is 6. The Hall–Kier alpha value is -4.13. The van der Waals surface area contributed by atoms with Gasteiger partial charge in [0.15, 0.2) is 17.2 Å². The number of ether oxygens (including phenoxy) is 1. The summed E-state index contributed by atoms with van der Waals surface area (Å²) in [7, 11) is 2.77. The molecule has 4 aromatic rings. The number of hydrogen-bond donors (Lipinski definition) is 2. The van der Waals surface area contributed by atoms with Crippen molar-refractivity contribution in [3.8, 4) is 5.75 Å². The van der Waals surface area contributed by atoms with Crippen molar-refractivity contribution in [2.75, 3.05) is 5.32 Å². The second-order valence-electron chi connectivity index (χ2n) is 7.01. The summed E-state index contributed by atoms with van der Waals surface area (Å²) in [6, 6.07) is 0.713. The van der Waals surface area contributed by atoms with Gasteiger partial charge in [-0.2, -0.15) is 18.2 Å². The maximum atomic E-state index is 13.2. The summed E-state index contributed by atoms with van der Waals surface area (Å²) in [5, 5.41) is 2.74. The van der Waals surface area contributed by atoms with E-state index in [9.17, 15) is 18.0 Å². The monoisotopic (exact) mass is 492 g/mol. The van der Waals surface area contributed by atoms with Gasteiger partial charge in [-0.25, -0.2) is 9.97 Å². The van der Waals surface area contributed by atoms with Gasteiger partial charge in [-0.15, -0.1) is 0 Å². The Balaban J connectivity index is 1.73. The largest absolute Gasteiger partial charge is 0.450 e. The number of fused-ring (bicyclic) bond motifs is 1. The number of nitrogens with one attached hydrogen (secondary N) is 1. The number of aromatic nitrogens is 6. The normalized spacial score (nSPS) is 12.2. The molecule has 0 unspecified atom stereocenters. The standard InChI is InChI=1S/C20H16ClF3N8O2/c1-31-9-10(20(22,23)24)5-11(18(31)33)29-19-30-17-16(32(19)2)15(21)14(8-28-17)34-13(6-25)12-7-26-3-4-27-12/h3-9H,25H2,1-2H3,(H,28,29,30). The minimum atomic E-state index is -4.64. The number of rotatable bonds is 5. The minimum Gasteiger partial charge on any atom is -0.450 e. The van der Waals surface area contributed by atoms with Crippen molar-refractivity contribution < 1.29 is 17.9 Å². The molecule has 4 rings (SSSR count). The van der Waals surface area contributed by atoms with E-state index < -0.39 is 17.3 Å². The van der Waals surface area contributed by atoms with Gasteiger partial charge in [-0.1, -0.05) is 11.6 Å². The molecule has 0 aromatic carbocycles. The average molecular weight is 493 g/mol. The fourth-order valence-electron chi connectivity index (χ4n) is 3.09. The zero-order chi connectivity index (χ0) is 24.6. The number of imidazole rings is 1. The summed E-state index contributed by atoms with van der Waals surface area (Å²) in [6.45, 7) is 0. The number of aryl methyl sites for hydroxylation is 2. The number of alkyl halides is 3. The van der Waals surface area contributed by atoms with Crippen LogP contribution in [0, 0.1) is 0 Å². The van der Waals surface area contributed by atoms with Crippen molar-refractivity contribution in [3.05, 3.63) is 69.9 Å². The molecular formula is C20H16ClF3N8O2. The lowest BCUT2D eigenvalue weighted by Crippen LogP contribution is -2.23. The molecule has 10 nitrogen and oxygen atoms in total. The number of halogens is 4. The van der Waals surface area contributed by atoms with Crippen LogP contribution in [-0.2, 0) is 20.3 Å². The first-order chi connectivity index (χ1) is 16.1. The maximum Gasteiger partial charge on any atom is 0.417 e. The molecule has 0 bridgehead atoms. The van der Waals surface area contributed by atoms with E-state index >= 15 is 0 Å². The van der Waals surface area contributed by atoms with E-state index in [2.05, 4.69) is 25.3 Å². The number of pyridine rings is 2. The zero-order valence-electron chi connectivity index (χ0n) is 17.6. The van der Waals surface area contributed by atoms with Gasteiger partial charge in [-0.3, -0.25) is 9.78 Å². The topological polar surface area (TPSA) is 126 Å². The molecule has 0 aliphatic rings. The number of nitrogens with two attached hydrogens (primary N) is 1. The van der Waals surface area contributed by atoms with Gasteiger partial charge in [0.1, 0.15) is 21.9 Å². The van der Waals surface area contributed by atoms with Crippen LogP contribution in [0.15, 0.2) is 48.0 Å². The van der Waals surface area contributed by atoms with Crippen LogP contribution in [0.2, 0.25) is 5.02 Å². The lowest BCUT2D eigenvalue weighted by molar-refractivity contribution is -0.138. The van der Waals surface area contributed by atoms with Crippen LogP contribution in [-0.4, -0.2) is 29.1 Å². The van der Waals surface area contributed by atoms with Crippen LogP contribution in [0.4, 0.5) is 24.8 Å². The van der Waals surface area contributed by atoms with Gasteiger partial charge in [0, 0.05) is 38.9 Å². The van der Waals surface area contributed by atoms with Crippen molar-refractivity contribution >= 4 is 40.2 Å². The van der Waals surface area contributed by atoms with E-state index in [0.29, 0.717) is 23.5 Å². The fourth-order valence-corrected chi connectivity index (χ4v) is 3.39. The molecule has 0 radical (unpaired) electrons. The molecule has 4 aromatic heterocycles. The van der Waals surface area contributed by atoms with E-state index in [4.69, 9.17) is 22.1 Å². The summed E-state index contributed by atoms with van der Waals surface area (Å²) in [6.07, 6.45) is 2.96. The third kappa shape index (κ3) is 4.24. The highest BCUT2D eigenvalue weighted by Gasteiger charge is 2.32. The molecule has 0 aliphatic carbocycles. The molecule has 176 valence electrons. The van der Waals surface area contributed by atoms with Crippen LogP contribution in [0.1, 0.15) is 11.3 Å². The van der Waals surface area contributed by atoms with Crippen LogP contribution < -0.4 is 21.3 Å². The first kappa shape index (κ1) is 23.0. The van der Waals surface area contributed by atoms with Crippen molar-refractivity contribution in [2.45, 2.75) is 6.18 Å². The zero-order valence-corrected chi connectivity index (χ0v) is 18.4. The quantitative estimate of drug-likeness (QED) is 0.407. The lowest BCUT2D eigenvalue weighted by Gasteiger charge is -2.12. The van der Waals surface area contributed by atoms with Gasteiger partial charge in [0.05, 0.1) is 18.0 Å². The second-order valence-corrected chi connectivity index (χ2v) is 7.39. The van der Waals surface area contributed by atoms with Gasteiger partial charge in [0.25, 0.3) is 5.56 Å². The smallest absolute Gasteiger partial charge is 0.417 e.